The Labute approximate surface area is 308 Å². The lowest BCUT2D eigenvalue weighted by atomic mass is 9.94. The van der Waals surface area contributed by atoms with Gasteiger partial charge in [0.1, 0.15) is 18.3 Å². The van der Waals surface area contributed by atoms with Crippen molar-refractivity contribution in [1.29, 1.82) is 0 Å². The zero-order valence-electron chi connectivity index (χ0n) is 28.5. The summed E-state index contributed by atoms with van der Waals surface area (Å²) in [7, 11) is -4.26. The molecule has 4 aromatic rings. The summed E-state index contributed by atoms with van der Waals surface area (Å²) in [6, 6.07) is 29.7. The van der Waals surface area contributed by atoms with Gasteiger partial charge in [0.25, 0.3) is 10.0 Å². The SMILES string of the molecule is CCOc1ccccc1N(CC(=O)N(Cc1ccc(Br)cc1)[C@H](Cc1ccccc1)C(=O)NC1CCCCC1)S(=O)(=O)c1ccc(SC)cc1. The Morgan fingerprint density at radius 1 is 0.880 bits per heavy atom. The number of hydrogen-bond donors (Lipinski definition) is 1. The smallest absolute Gasteiger partial charge is 0.264 e. The first-order valence-corrected chi connectivity index (χ1v) is 20.4. The Hall–Kier alpha value is -3.80. The van der Waals surface area contributed by atoms with Crippen LogP contribution >= 0.6 is 27.7 Å². The summed E-state index contributed by atoms with van der Waals surface area (Å²) >= 11 is 5.00. The Kier molecular flexibility index (Phi) is 13.4. The predicted molar refractivity (Wildman–Crippen MR) is 204 cm³/mol. The van der Waals surface area contributed by atoms with E-state index in [4.69, 9.17) is 4.74 Å². The van der Waals surface area contributed by atoms with Crippen molar-refractivity contribution >= 4 is 55.2 Å². The van der Waals surface area contributed by atoms with Gasteiger partial charge in [0.05, 0.1) is 17.2 Å². The Morgan fingerprint density at radius 2 is 1.54 bits per heavy atom. The fourth-order valence-electron chi connectivity index (χ4n) is 6.21. The van der Waals surface area contributed by atoms with Gasteiger partial charge in [-0.15, -0.1) is 11.8 Å². The molecule has 1 saturated carbocycles. The number of sulfonamides is 1. The van der Waals surface area contributed by atoms with Gasteiger partial charge in [-0.3, -0.25) is 13.9 Å². The van der Waals surface area contributed by atoms with Crippen molar-refractivity contribution < 1.29 is 22.7 Å². The van der Waals surface area contributed by atoms with Crippen LogP contribution in [0, 0.1) is 0 Å². The zero-order chi connectivity index (χ0) is 35.5. The molecular weight excluding hydrogens is 734 g/mol. The van der Waals surface area contributed by atoms with Crippen LogP contribution in [0.1, 0.15) is 50.2 Å². The molecule has 1 atom stereocenters. The first kappa shape index (κ1) is 37.5. The summed E-state index contributed by atoms with van der Waals surface area (Å²) in [6.45, 7) is 1.68. The molecule has 0 heterocycles. The fraction of sp³-hybridized carbons (Fsp3) is 0.333. The van der Waals surface area contributed by atoms with Gasteiger partial charge in [0, 0.05) is 28.4 Å². The Bertz CT molecular complexity index is 1820. The fourth-order valence-corrected chi connectivity index (χ4v) is 8.31. The number of carbonyl (C=O) groups excluding carboxylic acids is 2. The topological polar surface area (TPSA) is 96.0 Å². The van der Waals surface area contributed by atoms with E-state index in [2.05, 4.69) is 21.2 Å². The average molecular weight is 779 g/mol. The molecule has 50 heavy (non-hydrogen) atoms. The first-order chi connectivity index (χ1) is 24.2. The van der Waals surface area contributed by atoms with Crippen molar-refractivity contribution in [3.63, 3.8) is 0 Å². The van der Waals surface area contributed by atoms with Crippen LogP contribution in [0.15, 0.2) is 117 Å². The van der Waals surface area contributed by atoms with Crippen LogP contribution in [0.2, 0.25) is 0 Å². The lowest BCUT2D eigenvalue weighted by molar-refractivity contribution is -0.140. The molecule has 0 bridgehead atoms. The number of carbonyl (C=O) groups is 2. The molecule has 0 aliphatic heterocycles. The minimum atomic E-state index is -4.26. The van der Waals surface area contributed by atoms with E-state index in [1.807, 2.05) is 67.8 Å². The van der Waals surface area contributed by atoms with Gasteiger partial charge in [-0.05, 0) is 85.7 Å². The third kappa shape index (κ3) is 9.70. The average Bonchev–Trinajstić information content (AvgIpc) is 3.14. The van der Waals surface area contributed by atoms with E-state index in [1.54, 1.807) is 48.5 Å². The molecule has 0 unspecified atom stereocenters. The Morgan fingerprint density at radius 3 is 2.20 bits per heavy atom. The summed E-state index contributed by atoms with van der Waals surface area (Å²) in [5.41, 5.74) is 1.94. The molecule has 8 nitrogen and oxygen atoms in total. The molecule has 5 rings (SSSR count). The van der Waals surface area contributed by atoms with Gasteiger partial charge in [-0.2, -0.15) is 0 Å². The second-order valence-corrected chi connectivity index (χ2v) is 15.9. The van der Waals surface area contributed by atoms with E-state index >= 15 is 0 Å². The number of nitrogens with zero attached hydrogens (tertiary/aromatic N) is 2. The predicted octanol–water partition coefficient (Wildman–Crippen LogP) is 7.85. The van der Waals surface area contributed by atoms with Crippen molar-refractivity contribution in [3.8, 4) is 5.75 Å². The van der Waals surface area contributed by atoms with Crippen molar-refractivity contribution in [1.82, 2.24) is 10.2 Å². The van der Waals surface area contributed by atoms with Gasteiger partial charge in [0.2, 0.25) is 11.8 Å². The van der Waals surface area contributed by atoms with E-state index < -0.39 is 28.5 Å². The number of thioether (sulfide) groups is 1. The van der Waals surface area contributed by atoms with E-state index in [0.29, 0.717) is 12.4 Å². The van der Waals surface area contributed by atoms with Gasteiger partial charge in [0.15, 0.2) is 0 Å². The number of benzene rings is 4. The summed E-state index contributed by atoms with van der Waals surface area (Å²) in [5.74, 6) is -0.423. The first-order valence-electron chi connectivity index (χ1n) is 17.0. The normalized spacial score (nSPS) is 14.1. The summed E-state index contributed by atoms with van der Waals surface area (Å²) in [5, 5.41) is 3.25. The van der Waals surface area contributed by atoms with Crippen LogP contribution in [0.4, 0.5) is 5.69 Å². The summed E-state index contributed by atoms with van der Waals surface area (Å²) in [6.07, 6.45) is 7.18. The molecule has 0 spiro atoms. The number of nitrogens with one attached hydrogen (secondary N) is 1. The lowest BCUT2D eigenvalue weighted by Crippen LogP contribution is -2.55. The maximum Gasteiger partial charge on any atom is 0.264 e. The highest BCUT2D eigenvalue weighted by Crippen LogP contribution is 2.33. The van der Waals surface area contributed by atoms with Crippen LogP contribution < -0.4 is 14.4 Å². The maximum absolute atomic E-state index is 14.9. The van der Waals surface area contributed by atoms with Crippen LogP contribution in [-0.2, 0) is 32.6 Å². The number of hydrogen-bond acceptors (Lipinski definition) is 6. The Balaban J connectivity index is 1.59. The number of anilines is 1. The summed E-state index contributed by atoms with van der Waals surface area (Å²) in [4.78, 5) is 31.7. The number of amides is 2. The molecule has 1 aliphatic rings. The number of halogens is 1. The van der Waals surface area contributed by atoms with Crippen molar-refractivity contribution in [2.45, 2.75) is 73.9 Å². The molecule has 2 amide bonds. The molecular formula is C39H44BrN3O5S2. The highest BCUT2D eigenvalue weighted by atomic mass is 79.9. The largest absolute Gasteiger partial charge is 0.492 e. The second kappa shape index (κ2) is 17.9. The number of ether oxygens (including phenoxy) is 1. The van der Waals surface area contributed by atoms with Crippen LogP contribution in [-0.4, -0.2) is 56.6 Å². The number of rotatable bonds is 15. The molecule has 0 aromatic heterocycles. The number of para-hydroxylation sites is 2. The molecule has 264 valence electrons. The molecule has 0 saturated heterocycles. The molecule has 0 radical (unpaired) electrons. The molecule has 1 aliphatic carbocycles. The van der Waals surface area contributed by atoms with E-state index in [-0.39, 0.29) is 35.5 Å². The monoisotopic (exact) mass is 777 g/mol. The van der Waals surface area contributed by atoms with Crippen molar-refractivity contribution in [2.75, 3.05) is 23.7 Å². The minimum absolute atomic E-state index is 0.0263. The van der Waals surface area contributed by atoms with Gasteiger partial charge in [-0.1, -0.05) is 89.8 Å². The molecule has 11 heteroatoms. The van der Waals surface area contributed by atoms with Gasteiger partial charge >= 0.3 is 0 Å². The standard InChI is InChI=1S/C39H44BrN3O5S2/c1-3-48-37-17-11-10-16-35(37)43(50(46,47)34-24-22-33(49-2)23-25-34)28-38(44)42(27-30-18-20-31(40)21-19-30)36(26-29-12-6-4-7-13-29)39(45)41-32-14-8-5-9-15-32/h4,6-7,10-13,16-25,32,36H,3,5,8-9,14-15,26-28H2,1-2H3,(H,41,45)/t36-/m1/s1. The van der Waals surface area contributed by atoms with E-state index in [9.17, 15) is 18.0 Å². The third-order valence-electron chi connectivity index (χ3n) is 8.85. The van der Waals surface area contributed by atoms with Gasteiger partial charge in [-0.25, -0.2) is 8.42 Å². The lowest BCUT2D eigenvalue weighted by Gasteiger charge is -2.35. The van der Waals surface area contributed by atoms with Crippen LogP contribution in [0.5, 0.6) is 5.75 Å². The molecule has 1 fully saturated rings. The highest BCUT2D eigenvalue weighted by molar-refractivity contribution is 9.10. The zero-order valence-corrected chi connectivity index (χ0v) is 31.7. The maximum atomic E-state index is 14.9. The quantitative estimate of drug-likeness (QED) is 0.124. The molecule has 1 N–H and O–H groups in total. The minimum Gasteiger partial charge on any atom is -0.492 e. The van der Waals surface area contributed by atoms with Gasteiger partial charge < -0.3 is 15.0 Å². The highest BCUT2D eigenvalue weighted by Gasteiger charge is 2.36. The van der Waals surface area contributed by atoms with Crippen molar-refractivity contribution in [3.05, 3.63) is 119 Å². The second-order valence-electron chi connectivity index (χ2n) is 12.3. The van der Waals surface area contributed by atoms with E-state index in [0.717, 1.165) is 56.9 Å². The van der Waals surface area contributed by atoms with Crippen LogP contribution in [0.3, 0.4) is 0 Å². The summed E-state index contributed by atoms with van der Waals surface area (Å²) < 4.78 is 36.9. The van der Waals surface area contributed by atoms with Crippen LogP contribution in [0.25, 0.3) is 0 Å². The third-order valence-corrected chi connectivity index (χ3v) is 11.9. The molecule has 4 aromatic carbocycles. The van der Waals surface area contributed by atoms with Crippen molar-refractivity contribution in [2.24, 2.45) is 0 Å². The van der Waals surface area contributed by atoms with E-state index in [1.165, 1.54) is 16.7 Å².